The third-order valence-electron chi connectivity index (χ3n) is 6.71. The van der Waals surface area contributed by atoms with Crippen LogP contribution in [0.3, 0.4) is 0 Å². The third kappa shape index (κ3) is 4.94. The number of carbonyl (C=O) groups is 1. The van der Waals surface area contributed by atoms with Crippen LogP contribution >= 0.6 is 0 Å². The van der Waals surface area contributed by atoms with Gasteiger partial charge in [-0.3, -0.25) is 9.69 Å². The van der Waals surface area contributed by atoms with E-state index in [0.717, 1.165) is 12.2 Å². The minimum Gasteiger partial charge on any atom is -0.368 e. The quantitative estimate of drug-likeness (QED) is 0.466. The van der Waals surface area contributed by atoms with Gasteiger partial charge in [0.2, 0.25) is 10.0 Å². The smallest absolute Gasteiger partial charge is 0.219 e. The highest BCUT2D eigenvalue weighted by atomic mass is 32.2. The van der Waals surface area contributed by atoms with Crippen LogP contribution in [0.25, 0.3) is 0 Å². The Balaban J connectivity index is 1.11. The van der Waals surface area contributed by atoms with Crippen molar-refractivity contribution in [2.45, 2.75) is 11.8 Å². The fourth-order valence-corrected chi connectivity index (χ4v) is 6.57. The zero-order valence-electron chi connectivity index (χ0n) is 19.2. The molecule has 0 saturated carbocycles. The van der Waals surface area contributed by atoms with Gasteiger partial charge >= 0.3 is 0 Å². The van der Waals surface area contributed by atoms with Crippen molar-refractivity contribution in [3.05, 3.63) is 90.3 Å². The molecule has 178 valence electrons. The summed E-state index contributed by atoms with van der Waals surface area (Å²) >= 11 is 0. The first kappa shape index (κ1) is 22.8. The molecule has 2 fully saturated rings. The van der Waals surface area contributed by atoms with E-state index in [0.29, 0.717) is 44.8 Å². The molecule has 0 spiro atoms. The number of nitrogens with zero attached hydrogens (tertiary/aromatic N) is 4. The molecule has 3 aromatic rings. The topological polar surface area (TPSA) is 65.9 Å². The zero-order valence-corrected chi connectivity index (χ0v) is 20.0. The molecule has 2 saturated heterocycles. The minimum atomic E-state index is -3.35. The molecule has 0 bridgehead atoms. The van der Waals surface area contributed by atoms with E-state index >= 15 is 0 Å². The monoisotopic (exact) mass is 478 g/mol. The van der Waals surface area contributed by atoms with Gasteiger partial charge in [-0.25, -0.2) is 8.42 Å². The summed E-state index contributed by atoms with van der Waals surface area (Å²) in [4.78, 5) is 16.5. The summed E-state index contributed by atoms with van der Waals surface area (Å²) in [6.07, 6.45) is 4.20. The number of Topliss-reactive ketones (excluding diaryl/α,β-unsaturated/α-hetero) is 1. The zero-order chi connectivity index (χ0) is 23.5. The standard InChI is InChI=1S/C26H30N4O3S/c31-26(23-9-5-2-6-10-23)21-28-19-25(20-28)34(32,33)30-15-13-29(14-16-30)24-11-12-27(18-24)17-22-7-3-1-4-8-22/h1-12,18,25H,13-17,19-21H2. The SMILES string of the molecule is O=C(CN1CC(S(=O)(=O)N2CCN(c3ccn(Cc4ccccc4)c3)CC2)C1)c1ccccc1. The fraction of sp³-hybridized carbons (Fsp3) is 0.346. The van der Waals surface area contributed by atoms with Crippen molar-refractivity contribution < 1.29 is 13.2 Å². The van der Waals surface area contributed by atoms with E-state index in [2.05, 4.69) is 40.1 Å². The van der Waals surface area contributed by atoms with Gasteiger partial charge in [0.05, 0.1) is 12.2 Å². The number of hydrogen-bond donors (Lipinski definition) is 0. The van der Waals surface area contributed by atoms with Gasteiger partial charge in [-0.15, -0.1) is 0 Å². The van der Waals surface area contributed by atoms with E-state index in [1.165, 1.54) is 5.56 Å². The average Bonchev–Trinajstić information content (AvgIpc) is 3.30. The number of sulfonamides is 1. The predicted molar refractivity (Wildman–Crippen MR) is 134 cm³/mol. The number of piperazine rings is 1. The Labute approximate surface area is 201 Å². The number of ketones is 1. The number of likely N-dealkylation sites (tertiary alicyclic amines) is 1. The van der Waals surface area contributed by atoms with Crippen molar-refractivity contribution in [3.8, 4) is 0 Å². The molecule has 3 heterocycles. The molecular weight excluding hydrogens is 448 g/mol. The Hall–Kier alpha value is -2.94. The normalized spacial score (nSPS) is 18.1. The largest absolute Gasteiger partial charge is 0.368 e. The lowest BCUT2D eigenvalue weighted by Gasteiger charge is -2.42. The Bertz CT molecular complexity index is 1210. The first-order valence-electron chi connectivity index (χ1n) is 11.7. The highest BCUT2D eigenvalue weighted by Crippen LogP contribution is 2.24. The molecular formula is C26H30N4O3S. The van der Waals surface area contributed by atoms with E-state index in [9.17, 15) is 13.2 Å². The fourth-order valence-electron chi connectivity index (χ4n) is 4.68. The number of aromatic nitrogens is 1. The van der Waals surface area contributed by atoms with Crippen LogP contribution in [0.15, 0.2) is 79.1 Å². The van der Waals surface area contributed by atoms with Gasteiger partial charge in [-0.2, -0.15) is 4.31 Å². The van der Waals surface area contributed by atoms with Crippen molar-refractivity contribution in [1.29, 1.82) is 0 Å². The van der Waals surface area contributed by atoms with Crippen LogP contribution in [-0.2, 0) is 16.6 Å². The lowest BCUT2D eigenvalue weighted by Crippen LogP contribution is -2.61. The molecule has 7 nitrogen and oxygen atoms in total. The number of hydrogen-bond acceptors (Lipinski definition) is 5. The maximum atomic E-state index is 13.1. The molecule has 5 rings (SSSR count). The van der Waals surface area contributed by atoms with Crippen LogP contribution in [0.5, 0.6) is 0 Å². The molecule has 2 aliphatic rings. The van der Waals surface area contributed by atoms with Crippen molar-refractivity contribution in [3.63, 3.8) is 0 Å². The maximum Gasteiger partial charge on any atom is 0.219 e. The molecule has 8 heteroatoms. The molecule has 0 N–H and O–H groups in total. The minimum absolute atomic E-state index is 0.0317. The lowest BCUT2D eigenvalue weighted by atomic mass is 10.1. The molecule has 2 aromatic carbocycles. The number of anilines is 1. The molecule has 0 unspecified atom stereocenters. The lowest BCUT2D eigenvalue weighted by molar-refractivity contribution is 0.0876. The van der Waals surface area contributed by atoms with Gasteiger partial charge in [0, 0.05) is 63.8 Å². The van der Waals surface area contributed by atoms with Crippen LogP contribution in [-0.4, -0.2) is 79.0 Å². The van der Waals surface area contributed by atoms with Crippen LogP contribution in [0, 0.1) is 0 Å². The van der Waals surface area contributed by atoms with Crippen molar-refractivity contribution in [2.75, 3.05) is 50.7 Å². The Morgan fingerprint density at radius 1 is 0.853 bits per heavy atom. The van der Waals surface area contributed by atoms with E-state index in [-0.39, 0.29) is 12.3 Å². The number of benzene rings is 2. The molecule has 0 amide bonds. The van der Waals surface area contributed by atoms with Crippen LogP contribution in [0.2, 0.25) is 0 Å². The highest BCUT2D eigenvalue weighted by Gasteiger charge is 2.42. The molecule has 0 radical (unpaired) electrons. The summed E-state index contributed by atoms with van der Waals surface area (Å²) in [5, 5.41) is -0.422. The van der Waals surface area contributed by atoms with Crippen molar-refractivity contribution in [1.82, 2.24) is 13.8 Å². The first-order valence-corrected chi connectivity index (χ1v) is 13.2. The summed E-state index contributed by atoms with van der Waals surface area (Å²) < 4.78 is 30.0. The van der Waals surface area contributed by atoms with Crippen molar-refractivity contribution >= 4 is 21.5 Å². The molecule has 2 aliphatic heterocycles. The van der Waals surface area contributed by atoms with Crippen molar-refractivity contribution in [2.24, 2.45) is 0 Å². The van der Waals surface area contributed by atoms with E-state index in [4.69, 9.17) is 0 Å². The summed E-state index contributed by atoms with van der Waals surface area (Å²) in [5.74, 6) is 0.0317. The summed E-state index contributed by atoms with van der Waals surface area (Å²) in [5.41, 5.74) is 3.05. The van der Waals surface area contributed by atoms with Gasteiger partial charge in [0.15, 0.2) is 5.78 Å². The van der Waals surface area contributed by atoms with Crippen LogP contribution in [0.1, 0.15) is 15.9 Å². The second-order valence-corrected chi connectivity index (χ2v) is 11.3. The Kier molecular flexibility index (Phi) is 6.54. The maximum absolute atomic E-state index is 13.1. The number of carbonyl (C=O) groups excluding carboxylic acids is 1. The first-order chi connectivity index (χ1) is 16.5. The van der Waals surface area contributed by atoms with Gasteiger partial charge in [-0.05, 0) is 11.6 Å². The summed E-state index contributed by atoms with van der Waals surface area (Å²) in [6, 6.07) is 21.6. The molecule has 0 atom stereocenters. The van der Waals surface area contributed by atoms with Gasteiger partial charge in [-0.1, -0.05) is 60.7 Å². The molecule has 0 aliphatic carbocycles. The van der Waals surface area contributed by atoms with E-state index in [1.807, 2.05) is 41.3 Å². The van der Waals surface area contributed by atoms with Crippen LogP contribution in [0.4, 0.5) is 5.69 Å². The number of rotatable bonds is 8. The second-order valence-electron chi connectivity index (χ2n) is 9.06. The molecule has 34 heavy (non-hydrogen) atoms. The van der Waals surface area contributed by atoms with E-state index in [1.54, 1.807) is 16.4 Å². The Morgan fingerprint density at radius 3 is 2.18 bits per heavy atom. The van der Waals surface area contributed by atoms with E-state index < -0.39 is 15.3 Å². The highest BCUT2D eigenvalue weighted by molar-refractivity contribution is 7.89. The third-order valence-corrected chi connectivity index (χ3v) is 8.94. The summed E-state index contributed by atoms with van der Waals surface area (Å²) in [6.45, 7) is 4.27. The average molecular weight is 479 g/mol. The van der Waals surface area contributed by atoms with Gasteiger partial charge < -0.3 is 9.47 Å². The Morgan fingerprint density at radius 2 is 1.50 bits per heavy atom. The molecule has 1 aromatic heterocycles. The van der Waals surface area contributed by atoms with Gasteiger partial charge in [0.1, 0.15) is 5.25 Å². The van der Waals surface area contributed by atoms with Gasteiger partial charge in [0.25, 0.3) is 0 Å². The van der Waals surface area contributed by atoms with Crippen LogP contribution < -0.4 is 4.90 Å². The predicted octanol–water partition coefficient (Wildman–Crippen LogP) is 2.56. The summed E-state index contributed by atoms with van der Waals surface area (Å²) in [7, 11) is -3.35. The second kappa shape index (κ2) is 9.74.